The van der Waals surface area contributed by atoms with Crippen LogP contribution >= 0.6 is 22.9 Å². The summed E-state index contributed by atoms with van der Waals surface area (Å²) < 4.78 is 5.17. The van der Waals surface area contributed by atoms with Crippen molar-refractivity contribution in [2.75, 3.05) is 19.7 Å². The SMILES string of the molecule is N#CC1CN(C(=O)c2sccc2Cl)CCO1. The summed E-state index contributed by atoms with van der Waals surface area (Å²) in [5.41, 5.74) is 0. The maximum absolute atomic E-state index is 12.0. The number of nitriles is 1. The smallest absolute Gasteiger partial charge is 0.265 e. The lowest BCUT2D eigenvalue weighted by molar-refractivity contribution is 0.00370. The minimum absolute atomic E-state index is 0.122. The van der Waals surface area contributed by atoms with Crippen LogP contribution in [-0.2, 0) is 4.74 Å². The van der Waals surface area contributed by atoms with Gasteiger partial charge in [0.2, 0.25) is 0 Å². The van der Waals surface area contributed by atoms with Crippen molar-refractivity contribution in [1.29, 1.82) is 5.26 Å². The molecule has 0 saturated carbocycles. The number of hydrogen-bond donors (Lipinski definition) is 0. The molecule has 0 aliphatic carbocycles. The Balaban J connectivity index is 2.11. The van der Waals surface area contributed by atoms with Gasteiger partial charge in [-0.1, -0.05) is 11.6 Å². The second-order valence-corrected chi connectivity index (χ2v) is 4.66. The molecule has 1 fully saturated rings. The molecule has 0 bridgehead atoms. The molecule has 0 radical (unpaired) electrons. The van der Waals surface area contributed by atoms with Crippen LogP contribution in [-0.4, -0.2) is 36.6 Å². The molecule has 4 nitrogen and oxygen atoms in total. The van der Waals surface area contributed by atoms with E-state index in [0.717, 1.165) is 0 Å². The number of rotatable bonds is 1. The van der Waals surface area contributed by atoms with Gasteiger partial charge < -0.3 is 9.64 Å². The van der Waals surface area contributed by atoms with Gasteiger partial charge in [-0.2, -0.15) is 5.26 Å². The molecule has 1 saturated heterocycles. The Morgan fingerprint density at radius 1 is 1.75 bits per heavy atom. The minimum atomic E-state index is -0.531. The molecule has 84 valence electrons. The third-order valence-corrected chi connectivity index (χ3v) is 3.64. The molecule has 0 N–H and O–H groups in total. The monoisotopic (exact) mass is 256 g/mol. The van der Waals surface area contributed by atoms with Gasteiger partial charge in [0, 0.05) is 6.54 Å². The second-order valence-electron chi connectivity index (χ2n) is 3.34. The van der Waals surface area contributed by atoms with Crippen LogP contribution in [0.15, 0.2) is 11.4 Å². The van der Waals surface area contributed by atoms with Gasteiger partial charge in [-0.25, -0.2) is 0 Å². The third kappa shape index (κ3) is 2.19. The Bertz CT molecular complexity index is 440. The summed E-state index contributed by atoms with van der Waals surface area (Å²) in [5, 5.41) is 11.0. The van der Waals surface area contributed by atoms with Crippen molar-refractivity contribution in [3.63, 3.8) is 0 Å². The lowest BCUT2D eigenvalue weighted by Gasteiger charge is -2.29. The van der Waals surface area contributed by atoms with E-state index in [1.54, 1.807) is 16.3 Å². The first kappa shape index (κ1) is 11.4. The first-order chi connectivity index (χ1) is 7.72. The van der Waals surface area contributed by atoms with E-state index >= 15 is 0 Å². The van der Waals surface area contributed by atoms with E-state index in [9.17, 15) is 4.79 Å². The molecule has 1 aliphatic rings. The Labute approximate surface area is 102 Å². The molecule has 1 aliphatic heterocycles. The Hall–Kier alpha value is -1.09. The summed E-state index contributed by atoms with van der Waals surface area (Å²) in [6, 6.07) is 3.70. The average Bonchev–Trinajstić information content (AvgIpc) is 2.74. The number of hydrogen-bond acceptors (Lipinski definition) is 4. The number of nitrogens with zero attached hydrogens (tertiary/aromatic N) is 2. The van der Waals surface area contributed by atoms with Gasteiger partial charge in [0.05, 0.1) is 24.2 Å². The van der Waals surface area contributed by atoms with Crippen molar-refractivity contribution in [3.05, 3.63) is 21.3 Å². The first-order valence-electron chi connectivity index (χ1n) is 4.76. The average molecular weight is 257 g/mol. The van der Waals surface area contributed by atoms with Crippen LogP contribution in [0.5, 0.6) is 0 Å². The fourth-order valence-electron chi connectivity index (χ4n) is 1.50. The lowest BCUT2D eigenvalue weighted by atomic mass is 10.3. The summed E-state index contributed by atoms with van der Waals surface area (Å²) in [4.78, 5) is 14.2. The maximum atomic E-state index is 12.0. The molecule has 0 aromatic carbocycles. The summed E-state index contributed by atoms with van der Waals surface area (Å²) in [5.74, 6) is -0.122. The number of halogens is 1. The number of carbonyl (C=O) groups excluding carboxylic acids is 1. The normalized spacial score (nSPS) is 20.5. The zero-order valence-electron chi connectivity index (χ0n) is 8.35. The Morgan fingerprint density at radius 2 is 2.56 bits per heavy atom. The zero-order valence-corrected chi connectivity index (χ0v) is 9.92. The van der Waals surface area contributed by atoms with E-state index in [4.69, 9.17) is 21.6 Å². The van der Waals surface area contributed by atoms with Crippen molar-refractivity contribution in [2.45, 2.75) is 6.10 Å². The van der Waals surface area contributed by atoms with Gasteiger partial charge in [-0.05, 0) is 11.4 Å². The molecule has 2 heterocycles. The molecule has 1 atom stereocenters. The van der Waals surface area contributed by atoms with Crippen LogP contribution in [0.3, 0.4) is 0 Å². The number of morpholine rings is 1. The number of carbonyl (C=O) groups is 1. The van der Waals surface area contributed by atoms with Gasteiger partial charge in [0.15, 0.2) is 6.10 Å². The number of thiophene rings is 1. The summed E-state index contributed by atoms with van der Waals surface area (Å²) >= 11 is 7.20. The number of amides is 1. The van der Waals surface area contributed by atoms with Crippen molar-refractivity contribution < 1.29 is 9.53 Å². The maximum Gasteiger partial charge on any atom is 0.265 e. The zero-order chi connectivity index (χ0) is 11.5. The standard InChI is InChI=1S/C10H9ClN2O2S/c11-8-1-4-16-9(8)10(14)13-2-3-15-7(5-12)6-13/h1,4,7H,2-3,6H2. The van der Waals surface area contributed by atoms with Crippen LogP contribution in [0.4, 0.5) is 0 Å². The van der Waals surface area contributed by atoms with E-state index in [1.807, 2.05) is 6.07 Å². The second kappa shape index (κ2) is 4.83. The van der Waals surface area contributed by atoms with Crippen LogP contribution in [0, 0.1) is 11.3 Å². The molecular formula is C10H9ClN2O2S. The molecule has 1 aromatic rings. The van der Waals surface area contributed by atoms with Crippen LogP contribution < -0.4 is 0 Å². The largest absolute Gasteiger partial charge is 0.360 e. The van der Waals surface area contributed by atoms with Crippen LogP contribution in [0.25, 0.3) is 0 Å². The molecule has 16 heavy (non-hydrogen) atoms. The van der Waals surface area contributed by atoms with E-state index in [-0.39, 0.29) is 5.91 Å². The molecule has 1 aromatic heterocycles. The van der Waals surface area contributed by atoms with E-state index < -0.39 is 6.10 Å². The quantitative estimate of drug-likeness (QED) is 0.769. The number of ether oxygens (including phenoxy) is 1. The highest BCUT2D eigenvalue weighted by Gasteiger charge is 2.26. The lowest BCUT2D eigenvalue weighted by Crippen LogP contribution is -2.44. The highest BCUT2D eigenvalue weighted by molar-refractivity contribution is 7.12. The first-order valence-corrected chi connectivity index (χ1v) is 6.01. The van der Waals surface area contributed by atoms with Crippen molar-refractivity contribution in [1.82, 2.24) is 4.90 Å². The minimum Gasteiger partial charge on any atom is -0.360 e. The van der Waals surface area contributed by atoms with E-state index in [0.29, 0.717) is 29.6 Å². The summed E-state index contributed by atoms with van der Waals surface area (Å²) in [6.45, 7) is 1.21. The third-order valence-electron chi connectivity index (χ3n) is 2.31. The highest BCUT2D eigenvalue weighted by atomic mass is 35.5. The summed E-state index contributed by atoms with van der Waals surface area (Å²) in [7, 11) is 0. The molecule has 6 heteroatoms. The van der Waals surface area contributed by atoms with E-state index in [1.165, 1.54) is 11.3 Å². The molecular weight excluding hydrogens is 248 g/mol. The van der Waals surface area contributed by atoms with E-state index in [2.05, 4.69) is 0 Å². The van der Waals surface area contributed by atoms with Crippen molar-refractivity contribution >= 4 is 28.8 Å². The van der Waals surface area contributed by atoms with Gasteiger partial charge in [-0.3, -0.25) is 4.79 Å². The van der Waals surface area contributed by atoms with Crippen molar-refractivity contribution in [2.24, 2.45) is 0 Å². The molecule has 1 unspecified atom stereocenters. The van der Waals surface area contributed by atoms with Gasteiger partial charge in [-0.15, -0.1) is 11.3 Å². The van der Waals surface area contributed by atoms with Gasteiger partial charge in [0.1, 0.15) is 4.88 Å². The topological polar surface area (TPSA) is 53.3 Å². The molecule has 0 spiro atoms. The fraction of sp³-hybridized carbons (Fsp3) is 0.400. The van der Waals surface area contributed by atoms with Gasteiger partial charge >= 0.3 is 0 Å². The van der Waals surface area contributed by atoms with Crippen LogP contribution in [0.2, 0.25) is 5.02 Å². The van der Waals surface area contributed by atoms with Crippen LogP contribution in [0.1, 0.15) is 9.67 Å². The predicted molar refractivity (Wildman–Crippen MR) is 60.6 cm³/mol. The Kier molecular flexibility index (Phi) is 3.44. The molecule has 1 amide bonds. The predicted octanol–water partition coefficient (Wildman–Crippen LogP) is 1.77. The summed E-state index contributed by atoms with van der Waals surface area (Å²) in [6.07, 6.45) is -0.531. The molecule has 2 rings (SSSR count). The Morgan fingerprint density at radius 3 is 3.19 bits per heavy atom. The fourth-order valence-corrected chi connectivity index (χ4v) is 2.60. The van der Waals surface area contributed by atoms with Crippen molar-refractivity contribution in [3.8, 4) is 6.07 Å². The highest BCUT2D eigenvalue weighted by Crippen LogP contribution is 2.24. The van der Waals surface area contributed by atoms with Gasteiger partial charge in [0.25, 0.3) is 5.91 Å².